The largest absolute Gasteiger partial charge is 0.397 e. The number of carbonyl (C=O) groups excluding carboxylic acids is 1. The number of nitrogens with two attached hydrogens (primary N) is 1. The number of nitrogens with one attached hydrogen (secondary N) is 1. The van der Waals surface area contributed by atoms with Crippen LogP contribution in [0, 0.1) is 5.92 Å². The van der Waals surface area contributed by atoms with Gasteiger partial charge in [0, 0.05) is 25.4 Å². The molecule has 94 valence electrons. The average molecular weight is 237 g/mol. The number of carbonyl (C=O) groups is 1. The van der Waals surface area contributed by atoms with Crippen LogP contribution in [0.1, 0.15) is 36.3 Å². The van der Waals surface area contributed by atoms with E-state index in [2.05, 4.69) is 5.32 Å². The third kappa shape index (κ3) is 2.79. The fraction of sp³-hybridized carbons (Fsp3) is 0.583. The van der Waals surface area contributed by atoms with E-state index < -0.39 is 0 Å². The first-order valence-electron chi connectivity index (χ1n) is 5.98. The van der Waals surface area contributed by atoms with E-state index >= 15 is 0 Å². The molecule has 0 radical (unpaired) electrons. The second kappa shape index (κ2) is 4.79. The number of rotatable bonds is 5. The molecule has 2 rings (SSSR count). The lowest BCUT2D eigenvalue weighted by molar-refractivity contribution is 0.0933. The van der Waals surface area contributed by atoms with Gasteiger partial charge in [-0.1, -0.05) is 6.92 Å². The molecule has 0 aliphatic heterocycles. The molecule has 1 fully saturated rings. The van der Waals surface area contributed by atoms with Gasteiger partial charge in [0.05, 0.1) is 5.69 Å². The molecule has 4 N–H and O–H groups in total. The summed E-state index contributed by atoms with van der Waals surface area (Å²) in [6.45, 7) is 2.44. The molecule has 0 bridgehead atoms. The lowest BCUT2D eigenvalue weighted by Crippen LogP contribution is -2.30. The van der Waals surface area contributed by atoms with Crippen molar-refractivity contribution in [3.05, 3.63) is 18.0 Å². The van der Waals surface area contributed by atoms with E-state index in [9.17, 15) is 4.79 Å². The van der Waals surface area contributed by atoms with Crippen molar-refractivity contribution in [2.45, 2.75) is 25.8 Å². The molecule has 0 aromatic carbocycles. The maximum atomic E-state index is 12.0. The SMILES string of the molecule is CC(CO)CNC(=O)c1cc(N)cn1C1CC1. The number of hydrogen-bond donors (Lipinski definition) is 3. The van der Waals surface area contributed by atoms with Gasteiger partial charge in [0.2, 0.25) is 0 Å². The van der Waals surface area contributed by atoms with Gasteiger partial charge in [0.1, 0.15) is 5.69 Å². The quantitative estimate of drug-likeness (QED) is 0.707. The van der Waals surface area contributed by atoms with Gasteiger partial charge in [-0.15, -0.1) is 0 Å². The second-order valence-electron chi connectivity index (χ2n) is 4.79. The van der Waals surface area contributed by atoms with Crippen molar-refractivity contribution in [1.29, 1.82) is 0 Å². The highest BCUT2D eigenvalue weighted by molar-refractivity contribution is 5.93. The van der Waals surface area contributed by atoms with E-state index in [1.807, 2.05) is 17.7 Å². The second-order valence-corrected chi connectivity index (χ2v) is 4.79. The van der Waals surface area contributed by atoms with Gasteiger partial charge in [-0.05, 0) is 24.8 Å². The van der Waals surface area contributed by atoms with Crippen LogP contribution in [0.5, 0.6) is 0 Å². The molecule has 1 unspecified atom stereocenters. The molecule has 0 saturated heterocycles. The Balaban J connectivity index is 2.03. The van der Waals surface area contributed by atoms with Crippen molar-refractivity contribution in [3.63, 3.8) is 0 Å². The van der Waals surface area contributed by atoms with Crippen LogP contribution in [-0.2, 0) is 0 Å². The van der Waals surface area contributed by atoms with E-state index in [1.165, 1.54) is 0 Å². The molecule has 1 aliphatic carbocycles. The topological polar surface area (TPSA) is 80.3 Å². The van der Waals surface area contributed by atoms with E-state index in [1.54, 1.807) is 6.07 Å². The zero-order valence-corrected chi connectivity index (χ0v) is 10.0. The smallest absolute Gasteiger partial charge is 0.268 e. The molecular weight excluding hydrogens is 218 g/mol. The van der Waals surface area contributed by atoms with Crippen LogP contribution in [-0.4, -0.2) is 28.7 Å². The minimum Gasteiger partial charge on any atom is -0.397 e. The highest BCUT2D eigenvalue weighted by atomic mass is 16.3. The zero-order valence-electron chi connectivity index (χ0n) is 10.0. The molecule has 5 nitrogen and oxygen atoms in total. The zero-order chi connectivity index (χ0) is 12.4. The number of aliphatic hydroxyl groups excluding tert-OH is 1. The summed E-state index contributed by atoms with van der Waals surface area (Å²) < 4.78 is 1.95. The highest BCUT2D eigenvalue weighted by Crippen LogP contribution is 2.37. The van der Waals surface area contributed by atoms with Gasteiger partial charge in [-0.25, -0.2) is 0 Å². The van der Waals surface area contributed by atoms with Gasteiger partial charge >= 0.3 is 0 Å². The number of hydrogen-bond acceptors (Lipinski definition) is 3. The molecule has 17 heavy (non-hydrogen) atoms. The first-order valence-corrected chi connectivity index (χ1v) is 5.98. The van der Waals surface area contributed by atoms with Crippen LogP contribution < -0.4 is 11.1 Å². The molecule has 1 saturated carbocycles. The molecule has 1 atom stereocenters. The normalized spacial score (nSPS) is 16.8. The average Bonchev–Trinajstić information content (AvgIpc) is 3.09. The van der Waals surface area contributed by atoms with E-state index in [4.69, 9.17) is 10.8 Å². The molecule has 1 heterocycles. The first-order chi connectivity index (χ1) is 8.11. The number of aromatic nitrogens is 1. The fourth-order valence-corrected chi connectivity index (χ4v) is 1.76. The minimum absolute atomic E-state index is 0.0700. The van der Waals surface area contributed by atoms with Crippen molar-refractivity contribution in [2.75, 3.05) is 18.9 Å². The van der Waals surface area contributed by atoms with Gasteiger partial charge in [-0.3, -0.25) is 4.79 Å². The van der Waals surface area contributed by atoms with Crippen LogP contribution in [0.3, 0.4) is 0 Å². The van der Waals surface area contributed by atoms with Crippen molar-refractivity contribution >= 4 is 11.6 Å². The summed E-state index contributed by atoms with van der Waals surface area (Å²) >= 11 is 0. The van der Waals surface area contributed by atoms with E-state index in [0.29, 0.717) is 24.0 Å². The Morgan fingerprint density at radius 1 is 1.71 bits per heavy atom. The Kier molecular flexibility index (Phi) is 3.38. The number of aliphatic hydroxyl groups is 1. The van der Waals surface area contributed by atoms with Crippen molar-refractivity contribution < 1.29 is 9.90 Å². The molecule has 0 spiro atoms. The van der Waals surface area contributed by atoms with Crippen LogP contribution in [0.2, 0.25) is 0 Å². The highest BCUT2D eigenvalue weighted by Gasteiger charge is 2.27. The van der Waals surface area contributed by atoms with Crippen molar-refractivity contribution in [3.8, 4) is 0 Å². The summed E-state index contributed by atoms with van der Waals surface area (Å²) in [5.74, 6) is -0.0467. The van der Waals surface area contributed by atoms with E-state index in [-0.39, 0.29) is 18.4 Å². The number of anilines is 1. The Hall–Kier alpha value is -1.49. The molecule has 1 aromatic heterocycles. The lowest BCUT2D eigenvalue weighted by atomic mass is 10.2. The minimum atomic E-state index is -0.117. The number of nitrogens with zero attached hydrogens (tertiary/aromatic N) is 1. The maximum Gasteiger partial charge on any atom is 0.268 e. The molecular formula is C12H19N3O2. The standard InChI is InChI=1S/C12H19N3O2/c1-8(7-16)5-14-12(17)11-4-9(13)6-15(11)10-2-3-10/h4,6,8,10,16H,2-3,5,7,13H2,1H3,(H,14,17). The summed E-state index contributed by atoms with van der Waals surface area (Å²) in [4.78, 5) is 12.0. The Morgan fingerprint density at radius 2 is 2.41 bits per heavy atom. The monoisotopic (exact) mass is 237 g/mol. The Labute approximate surface area is 101 Å². The Bertz CT molecular complexity index is 410. The third-order valence-corrected chi connectivity index (χ3v) is 2.97. The summed E-state index contributed by atoms with van der Waals surface area (Å²) in [5, 5.41) is 11.7. The third-order valence-electron chi connectivity index (χ3n) is 2.97. The number of amides is 1. The Morgan fingerprint density at radius 3 is 3.00 bits per heavy atom. The molecule has 1 amide bonds. The van der Waals surface area contributed by atoms with E-state index in [0.717, 1.165) is 12.8 Å². The fourth-order valence-electron chi connectivity index (χ4n) is 1.76. The predicted molar refractivity (Wildman–Crippen MR) is 65.7 cm³/mol. The van der Waals surface area contributed by atoms with Crippen molar-refractivity contribution in [1.82, 2.24) is 9.88 Å². The summed E-state index contributed by atoms with van der Waals surface area (Å²) in [7, 11) is 0. The van der Waals surface area contributed by atoms with Gasteiger partial charge in [-0.2, -0.15) is 0 Å². The van der Waals surface area contributed by atoms with Gasteiger partial charge in [0.25, 0.3) is 5.91 Å². The lowest BCUT2D eigenvalue weighted by Gasteiger charge is -2.11. The number of nitrogen functional groups attached to an aromatic ring is 1. The van der Waals surface area contributed by atoms with Crippen LogP contribution >= 0.6 is 0 Å². The first kappa shape index (κ1) is 12.0. The molecule has 5 heteroatoms. The molecule has 1 aromatic rings. The summed E-state index contributed by atoms with van der Waals surface area (Å²) in [5.41, 5.74) is 6.97. The maximum absolute atomic E-state index is 12.0. The summed E-state index contributed by atoms with van der Waals surface area (Å²) in [6, 6.07) is 2.14. The van der Waals surface area contributed by atoms with Crippen LogP contribution in [0.4, 0.5) is 5.69 Å². The van der Waals surface area contributed by atoms with Crippen molar-refractivity contribution in [2.24, 2.45) is 5.92 Å². The molecule has 1 aliphatic rings. The van der Waals surface area contributed by atoms with Crippen LogP contribution in [0.15, 0.2) is 12.3 Å². The van der Waals surface area contributed by atoms with Crippen LogP contribution in [0.25, 0.3) is 0 Å². The summed E-state index contributed by atoms with van der Waals surface area (Å²) in [6.07, 6.45) is 4.05. The predicted octanol–water partition coefficient (Wildman–Crippen LogP) is 0.763. The van der Waals surface area contributed by atoms with Gasteiger partial charge < -0.3 is 20.7 Å². The van der Waals surface area contributed by atoms with Gasteiger partial charge in [0.15, 0.2) is 0 Å².